The second-order valence-electron chi connectivity index (χ2n) is 5.77. The fourth-order valence-corrected chi connectivity index (χ4v) is 2.50. The number of fused-ring (bicyclic) bond motifs is 1. The number of benzene rings is 1. The number of aromatic nitrogens is 2. The Labute approximate surface area is 145 Å². The highest BCUT2D eigenvalue weighted by molar-refractivity contribution is 6.33. The third kappa shape index (κ3) is 3.59. The zero-order valence-corrected chi connectivity index (χ0v) is 14.3. The van der Waals surface area contributed by atoms with Crippen LogP contribution in [-0.2, 0) is 6.42 Å². The molecule has 0 atom stereocenters. The number of ether oxygens (including phenoxy) is 2. The Bertz CT molecular complexity index is 765. The number of carbonyl (C=O) groups is 1. The third-order valence-electron chi connectivity index (χ3n) is 3.63. The molecule has 1 aliphatic rings. The smallest absolute Gasteiger partial charge is 0.271 e. The van der Waals surface area contributed by atoms with Gasteiger partial charge in [-0.05, 0) is 24.1 Å². The molecule has 0 aliphatic carbocycles. The van der Waals surface area contributed by atoms with Crippen LogP contribution in [0.2, 0.25) is 5.02 Å². The van der Waals surface area contributed by atoms with Gasteiger partial charge in [0.15, 0.2) is 11.5 Å². The lowest BCUT2D eigenvalue weighted by Crippen LogP contribution is -2.27. The first-order valence-electron chi connectivity index (χ1n) is 7.73. The molecule has 0 saturated carbocycles. The van der Waals surface area contributed by atoms with Gasteiger partial charge < -0.3 is 14.8 Å². The summed E-state index contributed by atoms with van der Waals surface area (Å²) >= 11 is 6.04. The topological polar surface area (TPSA) is 73.3 Å². The second kappa shape index (κ2) is 7.05. The lowest BCUT2D eigenvalue weighted by atomic mass is 10.1. The summed E-state index contributed by atoms with van der Waals surface area (Å²) < 4.78 is 10.6. The molecule has 24 heavy (non-hydrogen) atoms. The highest BCUT2D eigenvalue weighted by atomic mass is 35.5. The highest BCUT2D eigenvalue weighted by Crippen LogP contribution is 2.32. The van der Waals surface area contributed by atoms with Crippen molar-refractivity contribution in [2.45, 2.75) is 26.2 Å². The van der Waals surface area contributed by atoms with Crippen molar-refractivity contribution in [1.29, 1.82) is 0 Å². The molecular formula is C17H18ClN3O3. The summed E-state index contributed by atoms with van der Waals surface area (Å²) in [4.78, 5) is 20.7. The summed E-state index contributed by atoms with van der Waals surface area (Å²) in [5.41, 5.74) is 1.26. The molecule has 1 N–H and O–H groups in total. The Morgan fingerprint density at radius 2 is 2.12 bits per heavy atom. The molecule has 0 bridgehead atoms. The molecule has 0 unspecified atom stereocenters. The molecule has 1 amide bonds. The maximum atomic E-state index is 12.3. The van der Waals surface area contributed by atoms with E-state index in [4.69, 9.17) is 21.1 Å². The van der Waals surface area contributed by atoms with E-state index in [1.807, 2.05) is 32.0 Å². The first kappa shape index (κ1) is 16.5. The van der Waals surface area contributed by atoms with Crippen LogP contribution in [0.25, 0.3) is 0 Å². The maximum absolute atomic E-state index is 12.3. The van der Waals surface area contributed by atoms with E-state index in [-0.39, 0.29) is 29.3 Å². The fourth-order valence-electron chi connectivity index (χ4n) is 2.32. The number of amides is 1. The van der Waals surface area contributed by atoms with Crippen molar-refractivity contribution < 1.29 is 14.3 Å². The maximum Gasteiger partial charge on any atom is 0.271 e. The van der Waals surface area contributed by atoms with Crippen molar-refractivity contribution in [3.05, 3.63) is 46.5 Å². The summed E-state index contributed by atoms with van der Waals surface area (Å²) in [6.45, 7) is 4.64. The molecule has 0 spiro atoms. The van der Waals surface area contributed by atoms with E-state index >= 15 is 0 Å². The van der Waals surface area contributed by atoms with Gasteiger partial charge in [0.25, 0.3) is 5.91 Å². The molecule has 126 valence electrons. The monoisotopic (exact) mass is 347 g/mol. The number of nitrogens with zero attached hydrogens (tertiary/aromatic N) is 2. The summed E-state index contributed by atoms with van der Waals surface area (Å²) in [7, 11) is 0. The minimum Gasteiger partial charge on any atom is -0.454 e. The van der Waals surface area contributed by atoms with E-state index in [9.17, 15) is 4.79 Å². The van der Waals surface area contributed by atoms with Gasteiger partial charge in [-0.3, -0.25) is 4.79 Å². The standard InChI is InChI=1S/C17H18ClN3O3/c1-10(2)16-20-8-12(18)15(21-16)17(22)19-6-5-11-3-4-13-14(7-11)24-9-23-13/h3-4,7-8,10H,5-6,9H2,1-2H3,(H,19,22). The Kier molecular flexibility index (Phi) is 4.85. The summed E-state index contributed by atoms with van der Waals surface area (Å²) in [5, 5.41) is 3.09. The van der Waals surface area contributed by atoms with Crippen LogP contribution >= 0.6 is 11.6 Å². The average molecular weight is 348 g/mol. The normalized spacial score (nSPS) is 12.5. The van der Waals surface area contributed by atoms with Crippen LogP contribution in [0.15, 0.2) is 24.4 Å². The van der Waals surface area contributed by atoms with Crippen LogP contribution in [-0.4, -0.2) is 29.2 Å². The third-order valence-corrected chi connectivity index (χ3v) is 3.91. The first-order chi connectivity index (χ1) is 11.5. The molecule has 3 rings (SSSR count). The lowest BCUT2D eigenvalue weighted by molar-refractivity contribution is 0.0949. The van der Waals surface area contributed by atoms with Crippen LogP contribution in [0.3, 0.4) is 0 Å². The van der Waals surface area contributed by atoms with E-state index in [2.05, 4.69) is 15.3 Å². The zero-order valence-electron chi connectivity index (χ0n) is 13.5. The van der Waals surface area contributed by atoms with Crippen molar-refractivity contribution in [2.75, 3.05) is 13.3 Å². The van der Waals surface area contributed by atoms with Crippen molar-refractivity contribution in [3.63, 3.8) is 0 Å². The Balaban J connectivity index is 1.60. The molecule has 0 radical (unpaired) electrons. The summed E-state index contributed by atoms with van der Waals surface area (Å²) in [6, 6.07) is 5.74. The van der Waals surface area contributed by atoms with Crippen LogP contribution in [0.5, 0.6) is 11.5 Å². The van der Waals surface area contributed by atoms with Crippen LogP contribution in [0.1, 0.15) is 41.6 Å². The molecular weight excluding hydrogens is 330 g/mol. The molecule has 0 fully saturated rings. The predicted octanol–water partition coefficient (Wildman–Crippen LogP) is 2.95. The summed E-state index contributed by atoms with van der Waals surface area (Å²) in [5.74, 6) is 1.91. The number of nitrogens with one attached hydrogen (secondary N) is 1. The minimum atomic E-state index is -0.301. The van der Waals surface area contributed by atoms with Crippen molar-refractivity contribution in [1.82, 2.24) is 15.3 Å². The fraction of sp³-hybridized carbons (Fsp3) is 0.353. The highest BCUT2D eigenvalue weighted by Gasteiger charge is 2.16. The SMILES string of the molecule is CC(C)c1ncc(Cl)c(C(=O)NCCc2ccc3c(c2)OCO3)n1. The predicted molar refractivity (Wildman–Crippen MR) is 89.7 cm³/mol. The van der Waals surface area contributed by atoms with Gasteiger partial charge in [0.05, 0.1) is 11.2 Å². The molecule has 1 aromatic carbocycles. The number of carbonyl (C=O) groups excluding carboxylic acids is 1. The van der Waals surface area contributed by atoms with Gasteiger partial charge in [-0.1, -0.05) is 31.5 Å². The van der Waals surface area contributed by atoms with E-state index in [0.717, 1.165) is 17.1 Å². The molecule has 2 aromatic rings. The molecule has 2 heterocycles. The Morgan fingerprint density at radius 1 is 1.33 bits per heavy atom. The Hall–Kier alpha value is -2.34. The molecule has 6 nitrogen and oxygen atoms in total. The Morgan fingerprint density at radius 3 is 2.92 bits per heavy atom. The quantitative estimate of drug-likeness (QED) is 0.900. The van der Waals surface area contributed by atoms with E-state index in [0.29, 0.717) is 18.8 Å². The van der Waals surface area contributed by atoms with E-state index in [1.165, 1.54) is 6.20 Å². The zero-order chi connectivity index (χ0) is 17.1. The van der Waals surface area contributed by atoms with Gasteiger partial charge >= 0.3 is 0 Å². The van der Waals surface area contributed by atoms with Crippen molar-refractivity contribution in [3.8, 4) is 11.5 Å². The van der Waals surface area contributed by atoms with Crippen LogP contribution < -0.4 is 14.8 Å². The summed E-state index contributed by atoms with van der Waals surface area (Å²) in [6.07, 6.45) is 2.14. The molecule has 7 heteroatoms. The minimum absolute atomic E-state index is 0.127. The van der Waals surface area contributed by atoms with E-state index < -0.39 is 0 Å². The van der Waals surface area contributed by atoms with Crippen LogP contribution in [0, 0.1) is 0 Å². The first-order valence-corrected chi connectivity index (χ1v) is 8.11. The van der Waals surface area contributed by atoms with Crippen molar-refractivity contribution in [2.24, 2.45) is 0 Å². The van der Waals surface area contributed by atoms with Crippen LogP contribution in [0.4, 0.5) is 0 Å². The molecule has 0 saturated heterocycles. The second-order valence-corrected chi connectivity index (χ2v) is 6.18. The van der Waals surface area contributed by atoms with Crippen molar-refractivity contribution >= 4 is 17.5 Å². The largest absolute Gasteiger partial charge is 0.454 e. The van der Waals surface area contributed by atoms with Gasteiger partial charge in [0.2, 0.25) is 6.79 Å². The van der Waals surface area contributed by atoms with Gasteiger partial charge in [-0.2, -0.15) is 0 Å². The molecule has 1 aromatic heterocycles. The van der Waals surface area contributed by atoms with Gasteiger partial charge in [-0.25, -0.2) is 9.97 Å². The van der Waals surface area contributed by atoms with Gasteiger partial charge in [-0.15, -0.1) is 0 Å². The number of hydrogen-bond donors (Lipinski definition) is 1. The lowest BCUT2D eigenvalue weighted by Gasteiger charge is -2.09. The van der Waals surface area contributed by atoms with Gasteiger partial charge in [0.1, 0.15) is 11.5 Å². The molecule has 1 aliphatic heterocycles. The number of rotatable bonds is 5. The average Bonchev–Trinajstić information content (AvgIpc) is 3.02. The number of hydrogen-bond acceptors (Lipinski definition) is 5. The van der Waals surface area contributed by atoms with Gasteiger partial charge in [0, 0.05) is 12.5 Å². The number of halogens is 1. The van der Waals surface area contributed by atoms with E-state index in [1.54, 1.807) is 0 Å².